The van der Waals surface area contributed by atoms with Crippen LogP contribution in [0, 0.1) is 6.92 Å². The normalized spacial score (nSPS) is 14.4. The second-order valence-electron chi connectivity index (χ2n) is 2.78. The van der Waals surface area contributed by atoms with Gasteiger partial charge in [-0.15, -0.1) is 0 Å². The summed E-state index contributed by atoms with van der Waals surface area (Å²) in [7, 11) is -4.54. The van der Waals surface area contributed by atoms with Gasteiger partial charge in [0.1, 0.15) is 0 Å². The van der Waals surface area contributed by atoms with Gasteiger partial charge >= 0.3 is 6.09 Å². The maximum atomic E-state index is 12.0. The Balaban J connectivity index is 3.44. The minimum absolute atomic E-state index is 0.0232. The molecule has 0 aliphatic carbocycles. The van der Waals surface area contributed by atoms with E-state index in [0.29, 0.717) is 0 Å². The van der Waals surface area contributed by atoms with Crippen molar-refractivity contribution in [3.63, 3.8) is 0 Å². The van der Waals surface area contributed by atoms with Crippen LogP contribution in [0.2, 0.25) is 0 Å². The predicted octanol–water partition coefficient (Wildman–Crippen LogP) is 1.43. The van der Waals surface area contributed by atoms with Gasteiger partial charge in [0, 0.05) is 0 Å². The van der Waals surface area contributed by atoms with E-state index in [2.05, 4.69) is 4.74 Å². The lowest BCUT2D eigenvalue weighted by Gasteiger charge is -2.06. The molecule has 16 heavy (non-hydrogen) atoms. The molecular weight excluding hydrogens is 230 g/mol. The fraction of sp³-hybridized carbons (Fsp3) is 0.300. The number of carbonyl (C=O) groups excluding carboxylic acids is 1. The molecular formula is C10H13NO4S. The summed E-state index contributed by atoms with van der Waals surface area (Å²) in [5.74, 6) is 0. The molecule has 5 nitrogen and oxygen atoms in total. The van der Waals surface area contributed by atoms with Crippen molar-refractivity contribution in [1.82, 2.24) is 4.72 Å². The minimum Gasteiger partial charge on any atom is -0.449 e. The van der Waals surface area contributed by atoms with E-state index in [-0.39, 0.29) is 12.2 Å². The number of carbonyl (C=O) groups is 1. The molecule has 1 N–H and O–H groups in total. The van der Waals surface area contributed by atoms with Gasteiger partial charge in [0.05, 0.1) is 17.0 Å². The molecule has 1 amide bonds. The zero-order valence-corrected chi connectivity index (χ0v) is 9.56. The maximum Gasteiger partial charge on any atom is 0.421 e. The molecule has 0 unspecified atom stereocenters. The summed E-state index contributed by atoms with van der Waals surface area (Å²) < 4.78 is 60.2. The van der Waals surface area contributed by atoms with E-state index in [9.17, 15) is 13.2 Å². The molecule has 0 aromatic heterocycles. The number of ether oxygens (including phenoxy) is 1. The Hall–Kier alpha value is -1.56. The van der Waals surface area contributed by atoms with Gasteiger partial charge in [-0.05, 0) is 25.9 Å². The van der Waals surface area contributed by atoms with Gasteiger partial charge in [-0.2, -0.15) is 0 Å². The highest BCUT2D eigenvalue weighted by Crippen LogP contribution is 2.09. The van der Waals surface area contributed by atoms with Crippen LogP contribution < -0.4 is 4.72 Å². The maximum absolute atomic E-state index is 12.0. The summed E-state index contributed by atoms with van der Waals surface area (Å²) in [6.45, 7) is 2.77. The van der Waals surface area contributed by atoms with E-state index in [1.807, 2.05) is 0 Å². The van der Waals surface area contributed by atoms with E-state index < -0.39 is 45.2 Å². The Morgan fingerprint density at radius 3 is 2.50 bits per heavy atom. The monoisotopic (exact) mass is 247 g/mol. The van der Waals surface area contributed by atoms with Crippen molar-refractivity contribution >= 4 is 16.1 Å². The molecule has 0 radical (unpaired) electrons. The third-order valence-electron chi connectivity index (χ3n) is 1.49. The van der Waals surface area contributed by atoms with E-state index in [4.69, 9.17) is 5.48 Å². The Bertz CT molecular complexity index is 631. The van der Waals surface area contributed by atoms with Crippen molar-refractivity contribution in [1.29, 1.82) is 0 Å². The summed E-state index contributed by atoms with van der Waals surface area (Å²) in [5.41, 5.74) is 0.0232. The SMILES string of the molecule is [2H]c1c([2H])c(S(=O)(=O)NC(=O)OCC)c([2H])c([2H])c1C. The summed E-state index contributed by atoms with van der Waals surface area (Å²) in [6, 6.07) is -2.42. The number of rotatable bonds is 3. The zero-order valence-electron chi connectivity index (χ0n) is 12.7. The molecule has 6 heteroatoms. The molecule has 0 atom stereocenters. The van der Waals surface area contributed by atoms with Gasteiger partial charge in [-0.25, -0.2) is 17.9 Å². The van der Waals surface area contributed by atoms with E-state index in [1.165, 1.54) is 18.6 Å². The number of hydrogen-bond donors (Lipinski definition) is 1. The Labute approximate surface area is 100 Å². The lowest BCUT2D eigenvalue weighted by molar-refractivity contribution is 0.158. The third kappa shape index (κ3) is 3.23. The quantitative estimate of drug-likeness (QED) is 0.877. The zero-order chi connectivity index (χ0) is 15.7. The van der Waals surface area contributed by atoms with Crippen molar-refractivity contribution in [2.45, 2.75) is 18.7 Å². The van der Waals surface area contributed by atoms with Crippen LogP contribution in [0.4, 0.5) is 4.79 Å². The van der Waals surface area contributed by atoms with Gasteiger partial charge in [-0.3, -0.25) is 0 Å². The number of amides is 1. The van der Waals surface area contributed by atoms with E-state index >= 15 is 0 Å². The highest BCUT2D eigenvalue weighted by atomic mass is 32.2. The van der Waals surface area contributed by atoms with Crippen LogP contribution in [-0.4, -0.2) is 21.1 Å². The van der Waals surface area contributed by atoms with Crippen LogP contribution in [0.3, 0.4) is 0 Å². The second kappa shape index (κ2) is 4.98. The molecule has 1 aromatic carbocycles. The van der Waals surface area contributed by atoms with E-state index in [0.717, 1.165) is 0 Å². The van der Waals surface area contributed by atoms with Crippen molar-refractivity contribution < 1.29 is 23.4 Å². The lowest BCUT2D eigenvalue weighted by Crippen LogP contribution is -2.31. The lowest BCUT2D eigenvalue weighted by atomic mass is 10.2. The van der Waals surface area contributed by atoms with E-state index in [1.54, 1.807) is 0 Å². The molecule has 0 spiro atoms. The Morgan fingerprint density at radius 2 is 2.00 bits per heavy atom. The molecule has 1 aromatic rings. The van der Waals surface area contributed by atoms with Crippen LogP contribution >= 0.6 is 0 Å². The first kappa shape index (κ1) is 7.67. The number of nitrogens with one attached hydrogen (secondary N) is 1. The van der Waals surface area contributed by atoms with Crippen LogP contribution in [0.5, 0.6) is 0 Å². The van der Waals surface area contributed by atoms with Crippen LogP contribution in [0.25, 0.3) is 0 Å². The topological polar surface area (TPSA) is 72.5 Å². The Kier molecular flexibility index (Phi) is 2.39. The van der Waals surface area contributed by atoms with Gasteiger partial charge in [0.2, 0.25) is 0 Å². The van der Waals surface area contributed by atoms with Gasteiger partial charge in [0.15, 0.2) is 0 Å². The van der Waals surface area contributed by atoms with Gasteiger partial charge < -0.3 is 4.74 Å². The molecule has 1 rings (SSSR count). The van der Waals surface area contributed by atoms with Crippen molar-refractivity contribution in [2.24, 2.45) is 0 Å². The summed E-state index contributed by atoms with van der Waals surface area (Å²) in [6.07, 6.45) is -1.25. The minimum atomic E-state index is -4.54. The van der Waals surface area contributed by atoms with Crippen LogP contribution in [0.15, 0.2) is 29.1 Å². The largest absolute Gasteiger partial charge is 0.449 e. The second-order valence-corrected chi connectivity index (χ2v) is 4.40. The number of hydrogen-bond acceptors (Lipinski definition) is 4. The third-order valence-corrected chi connectivity index (χ3v) is 2.67. The van der Waals surface area contributed by atoms with Crippen LogP contribution in [0.1, 0.15) is 18.0 Å². The van der Waals surface area contributed by atoms with Crippen LogP contribution in [-0.2, 0) is 14.8 Å². The smallest absolute Gasteiger partial charge is 0.421 e. The number of sulfonamides is 1. The molecule has 0 aliphatic rings. The molecule has 88 valence electrons. The highest BCUT2D eigenvalue weighted by molar-refractivity contribution is 7.90. The highest BCUT2D eigenvalue weighted by Gasteiger charge is 2.17. The first-order valence-corrected chi connectivity index (χ1v) is 5.88. The van der Waals surface area contributed by atoms with Gasteiger partial charge in [0.25, 0.3) is 10.0 Å². The summed E-state index contributed by atoms with van der Waals surface area (Å²) in [4.78, 5) is 10.3. The van der Waals surface area contributed by atoms with Crippen molar-refractivity contribution in [2.75, 3.05) is 6.61 Å². The number of benzene rings is 1. The summed E-state index contributed by atoms with van der Waals surface area (Å²) >= 11 is 0. The average molecular weight is 247 g/mol. The fourth-order valence-electron chi connectivity index (χ4n) is 0.819. The first-order chi connectivity index (χ1) is 9.13. The standard InChI is InChI=1S/C10H13NO4S/c1-3-15-10(12)11-16(13,14)9-6-4-8(2)5-7-9/h4-7H,3H2,1-2H3,(H,11,12)/i4D,5D,6D,7D. The molecule has 0 saturated heterocycles. The van der Waals surface area contributed by atoms with Crippen molar-refractivity contribution in [3.05, 3.63) is 29.7 Å². The fourth-order valence-corrected chi connectivity index (χ4v) is 1.57. The Morgan fingerprint density at radius 1 is 1.44 bits per heavy atom. The van der Waals surface area contributed by atoms with Crippen molar-refractivity contribution in [3.8, 4) is 0 Å². The molecule has 0 bridgehead atoms. The predicted molar refractivity (Wildman–Crippen MR) is 58.5 cm³/mol. The first-order valence-electron chi connectivity index (χ1n) is 6.40. The summed E-state index contributed by atoms with van der Waals surface area (Å²) in [5, 5.41) is 0. The molecule has 0 heterocycles. The molecule has 0 fully saturated rings. The van der Waals surface area contributed by atoms with Gasteiger partial charge in [-0.1, -0.05) is 17.6 Å². The molecule has 0 saturated carbocycles. The average Bonchev–Trinajstić information content (AvgIpc) is 2.33. The molecule has 0 aliphatic heterocycles.